The molecule has 0 fully saturated rings. The topological polar surface area (TPSA) is 17.0 Å². The molecule has 0 spiro atoms. The molecule has 0 bridgehead atoms. The molecule has 6 rings (SSSR count). The van der Waals surface area contributed by atoms with Crippen LogP contribution in [-0.2, 0) is 13.4 Å². The lowest BCUT2D eigenvalue weighted by atomic mass is 9.97. The van der Waals surface area contributed by atoms with E-state index in [0.29, 0.717) is 23.1 Å². The molecule has 0 amide bonds. The van der Waals surface area contributed by atoms with Gasteiger partial charge in [-0.1, -0.05) is 55.9 Å². The Kier molecular flexibility index (Phi) is 4.29. The number of nitrogens with zero attached hydrogens (tertiary/aromatic N) is 1. The molecule has 0 saturated heterocycles. The van der Waals surface area contributed by atoms with Crippen molar-refractivity contribution < 1.29 is 16.1 Å². The monoisotopic (exact) mass is 468 g/mol. The van der Waals surface area contributed by atoms with E-state index in [1.807, 2.05) is 43.6 Å². The van der Waals surface area contributed by atoms with E-state index in [1.54, 1.807) is 6.07 Å². The quantitative estimate of drug-likeness (QED) is 0.200. The first-order valence-electron chi connectivity index (χ1n) is 12.8. The van der Waals surface area contributed by atoms with Gasteiger partial charge in [0.05, 0.1) is 19.2 Å². The number of benzene rings is 3. The van der Waals surface area contributed by atoms with Gasteiger partial charge in [-0.15, -0.1) is 0 Å². The maximum Gasteiger partial charge on any atom is 0.216 e. The fourth-order valence-corrected chi connectivity index (χ4v) is 8.44. The van der Waals surface area contributed by atoms with Gasteiger partial charge in [0, 0.05) is 25.6 Å². The van der Waals surface area contributed by atoms with Crippen LogP contribution in [0.3, 0.4) is 0 Å². The van der Waals surface area contributed by atoms with Gasteiger partial charge in [-0.05, 0) is 53.4 Å². The molecule has 0 aliphatic carbocycles. The minimum Gasteiger partial charge on any atom is -0.454 e. The highest BCUT2D eigenvalue weighted by molar-refractivity contribution is 6.91. The maximum atomic E-state index is 15.8. The van der Waals surface area contributed by atoms with Crippen molar-refractivity contribution in [3.05, 3.63) is 83.8 Å². The molecule has 2 nitrogen and oxygen atoms in total. The minimum atomic E-state index is -2.01. The van der Waals surface area contributed by atoms with Gasteiger partial charge in [-0.25, -0.2) is 8.96 Å². The molecule has 0 saturated carbocycles. The molecule has 3 heterocycles. The highest BCUT2D eigenvalue weighted by Gasteiger charge is 2.33. The minimum absolute atomic E-state index is 0.338. The summed E-state index contributed by atoms with van der Waals surface area (Å²) in [5, 5.41) is 2.84. The van der Waals surface area contributed by atoms with Crippen LogP contribution in [0.25, 0.3) is 44.3 Å². The fourth-order valence-electron chi connectivity index (χ4n) is 5.60. The van der Waals surface area contributed by atoms with Crippen molar-refractivity contribution in [1.29, 1.82) is 0 Å². The van der Waals surface area contributed by atoms with Crippen molar-refractivity contribution in [2.24, 2.45) is 7.05 Å². The molecule has 1 aliphatic heterocycles. The van der Waals surface area contributed by atoms with Gasteiger partial charge in [0.25, 0.3) is 0 Å². The lowest BCUT2D eigenvalue weighted by molar-refractivity contribution is -0.660. The van der Waals surface area contributed by atoms with Crippen molar-refractivity contribution in [3.8, 4) is 22.4 Å². The Balaban J connectivity index is 1.73. The number of hydrogen-bond acceptors (Lipinski definition) is 1. The van der Waals surface area contributed by atoms with Crippen LogP contribution in [0, 0.1) is 12.7 Å². The molecular weight excluding hydrogens is 437 g/mol. The van der Waals surface area contributed by atoms with Crippen molar-refractivity contribution in [2.45, 2.75) is 38.9 Å². The molecule has 0 unspecified atom stereocenters. The van der Waals surface area contributed by atoms with E-state index in [2.05, 4.69) is 42.8 Å². The average molecular weight is 469 g/mol. The molecule has 0 atom stereocenters. The number of aryl methyl sites for hydroxylation is 3. The first kappa shape index (κ1) is 19.1. The molecule has 0 radical (unpaired) electrons. The van der Waals surface area contributed by atoms with Crippen LogP contribution < -0.4 is 9.75 Å². The zero-order chi connectivity index (χ0) is 25.4. The van der Waals surface area contributed by atoms with E-state index in [-0.39, 0.29) is 5.82 Å². The highest BCUT2D eigenvalue weighted by Crippen LogP contribution is 2.42. The molecule has 3 aromatic carbocycles. The maximum absolute atomic E-state index is 15.8. The van der Waals surface area contributed by atoms with Gasteiger partial charge < -0.3 is 4.42 Å². The Morgan fingerprint density at radius 3 is 2.50 bits per heavy atom. The standard InChI is InChI=1S/C30H29FNOSi/c1-19-13-14-21-22-15-16-24(31)27(23-11-7-9-20-10-8-18-34(3,4)30(20)23)29(22)33-28(21)26(19)25-12-5-6-17-32(25)2/h5-7,9,11-17H,8,10,18H2,1-4H3/q+1/i10D2. The Bertz CT molecular complexity index is 1690. The molecule has 5 aromatic rings. The second-order valence-corrected chi connectivity index (χ2v) is 14.8. The average Bonchev–Trinajstić information content (AvgIpc) is 3.21. The van der Waals surface area contributed by atoms with E-state index in [9.17, 15) is 0 Å². The third kappa shape index (κ3) is 3.08. The Hall–Kier alpha value is -3.24. The van der Waals surface area contributed by atoms with Gasteiger partial charge in [-0.2, -0.15) is 0 Å². The molecule has 34 heavy (non-hydrogen) atoms. The first-order chi connectivity index (χ1) is 17.1. The Labute approximate surface area is 203 Å². The lowest BCUT2D eigenvalue weighted by Crippen LogP contribution is -2.47. The van der Waals surface area contributed by atoms with E-state index < -0.39 is 14.4 Å². The predicted octanol–water partition coefficient (Wildman–Crippen LogP) is 7.05. The van der Waals surface area contributed by atoms with Crippen LogP contribution in [0.2, 0.25) is 19.1 Å². The van der Waals surface area contributed by atoms with E-state index in [1.165, 1.54) is 6.07 Å². The normalized spacial score (nSPS) is 17.4. The summed E-state index contributed by atoms with van der Waals surface area (Å²) >= 11 is 0. The summed E-state index contributed by atoms with van der Waals surface area (Å²) in [6.45, 7) is 6.59. The van der Waals surface area contributed by atoms with Gasteiger partial charge in [0.1, 0.15) is 24.0 Å². The van der Waals surface area contributed by atoms with Crippen molar-refractivity contribution in [1.82, 2.24) is 0 Å². The van der Waals surface area contributed by atoms with Gasteiger partial charge in [0.15, 0.2) is 6.20 Å². The molecule has 1 aliphatic rings. The van der Waals surface area contributed by atoms with Gasteiger partial charge in [0.2, 0.25) is 5.69 Å². The van der Waals surface area contributed by atoms with Crippen molar-refractivity contribution in [2.75, 3.05) is 0 Å². The van der Waals surface area contributed by atoms with Crippen LogP contribution in [0.5, 0.6) is 0 Å². The third-order valence-corrected chi connectivity index (χ3v) is 10.7. The summed E-state index contributed by atoms with van der Waals surface area (Å²) in [4.78, 5) is 0. The fraction of sp³-hybridized carbons (Fsp3) is 0.233. The molecule has 2 aromatic heterocycles. The van der Waals surface area contributed by atoms with Gasteiger partial charge >= 0.3 is 0 Å². The van der Waals surface area contributed by atoms with E-state index >= 15 is 4.39 Å². The van der Waals surface area contributed by atoms with Crippen LogP contribution in [-0.4, -0.2) is 8.07 Å². The molecular formula is C30H29FNOSi+. The van der Waals surface area contributed by atoms with E-state index in [4.69, 9.17) is 7.16 Å². The van der Waals surface area contributed by atoms with E-state index in [0.717, 1.165) is 50.0 Å². The molecule has 170 valence electrons. The summed E-state index contributed by atoms with van der Waals surface area (Å²) in [7, 11) is 0.00395. The molecule has 4 heteroatoms. The van der Waals surface area contributed by atoms with Crippen molar-refractivity contribution in [3.63, 3.8) is 0 Å². The Morgan fingerprint density at radius 1 is 0.941 bits per heavy atom. The summed E-state index contributed by atoms with van der Waals surface area (Å²) in [5.41, 5.74) is 6.32. The number of hydrogen-bond donors (Lipinski definition) is 0. The largest absolute Gasteiger partial charge is 0.454 e. The van der Waals surface area contributed by atoms with Crippen LogP contribution in [0.1, 0.15) is 20.3 Å². The summed E-state index contributed by atoms with van der Waals surface area (Å²) in [5.74, 6) is -0.338. The predicted molar refractivity (Wildman–Crippen MR) is 141 cm³/mol. The smallest absolute Gasteiger partial charge is 0.216 e. The van der Waals surface area contributed by atoms with Crippen LogP contribution in [0.4, 0.5) is 4.39 Å². The second kappa shape index (κ2) is 7.64. The van der Waals surface area contributed by atoms with Crippen LogP contribution in [0.15, 0.2) is 71.3 Å². The van der Waals surface area contributed by atoms with Gasteiger partial charge in [-0.3, -0.25) is 0 Å². The Morgan fingerprint density at radius 2 is 1.71 bits per heavy atom. The number of furan rings is 1. The number of halogens is 1. The van der Waals surface area contributed by atoms with Crippen molar-refractivity contribution >= 4 is 35.2 Å². The first-order valence-corrected chi connectivity index (χ1v) is 15.0. The highest BCUT2D eigenvalue weighted by atomic mass is 28.3. The summed E-state index contributed by atoms with van der Waals surface area (Å²) < 4.78 is 41.8. The SMILES string of the molecule is [2H]C1([2H])CC[Si](C)(C)c2c(-c3c(F)ccc4c3oc3c(-c5cccc[n+]5C)c(C)ccc34)cccc21. The number of pyridine rings is 1. The summed E-state index contributed by atoms with van der Waals surface area (Å²) in [6, 6.07) is 20.1. The van der Waals surface area contributed by atoms with Crippen LogP contribution >= 0.6 is 0 Å². The second-order valence-electron chi connectivity index (χ2n) is 10.0. The number of fused-ring (bicyclic) bond motifs is 4. The zero-order valence-corrected chi connectivity index (χ0v) is 21.0. The third-order valence-electron chi connectivity index (χ3n) is 7.35. The lowest BCUT2D eigenvalue weighted by Gasteiger charge is -2.33. The zero-order valence-electron chi connectivity index (χ0n) is 22.0. The molecule has 0 N–H and O–H groups in total. The number of rotatable bonds is 2. The number of aromatic nitrogens is 1. The summed E-state index contributed by atoms with van der Waals surface area (Å²) in [6.07, 6.45) is 1.10.